The Morgan fingerprint density at radius 1 is 1.11 bits per heavy atom. The molecule has 19 heavy (non-hydrogen) atoms. The Labute approximate surface area is 108 Å². The van der Waals surface area contributed by atoms with E-state index in [1.54, 1.807) is 0 Å². The van der Waals surface area contributed by atoms with Gasteiger partial charge in [0.2, 0.25) is 5.95 Å². The number of sulfonamides is 1. The van der Waals surface area contributed by atoms with Gasteiger partial charge < -0.3 is 5.73 Å². The molecule has 0 saturated heterocycles. The topological polar surface area (TPSA) is 85.1 Å². The lowest BCUT2D eigenvalue weighted by atomic mass is 10.3. The number of hydrogen-bond acceptors (Lipinski definition) is 4. The lowest BCUT2D eigenvalue weighted by Crippen LogP contribution is -2.16. The number of nitrogen functional groups attached to an aromatic ring is 1. The molecular weight excluding hydrogens is 276 g/mol. The minimum absolute atomic E-state index is 0.219. The van der Waals surface area contributed by atoms with Crippen molar-refractivity contribution in [2.75, 3.05) is 10.5 Å². The minimum atomic E-state index is -4.13. The van der Waals surface area contributed by atoms with Crippen LogP contribution in [0.2, 0.25) is 0 Å². The van der Waals surface area contributed by atoms with Gasteiger partial charge in [0.25, 0.3) is 10.0 Å². The molecule has 2 aromatic rings. The molecule has 1 aromatic carbocycles. The molecule has 0 spiro atoms. The van der Waals surface area contributed by atoms with Crippen molar-refractivity contribution >= 4 is 21.5 Å². The average Bonchev–Trinajstić information content (AvgIpc) is 2.32. The Hall–Kier alpha value is -2.22. The fourth-order valence-corrected chi connectivity index (χ4v) is 2.55. The van der Waals surface area contributed by atoms with Gasteiger partial charge in [0.15, 0.2) is 0 Å². The first-order valence-corrected chi connectivity index (χ1v) is 6.58. The van der Waals surface area contributed by atoms with E-state index in [0.717, 1.165) is 18.2 Å². The van der Waals surface area contributed by atoms with Crippen molar-refractivity contribution in [3.05, 3.63) is 48.2 Å². The summed E-state index contributed by atoms with van der Waals surface area (Å²) < 4.78 is 52.0. The van der Waals surface area contributed by atoms with E-state index in [1.165, 1.54) is 18.2 Å². The number of nitrogens with zero attached hydrogens (tertiary/aromatic N) is 1. The molecule has 0 amide bonds. The van der Waals surface area contributed by atoms with Gasteiger partial charge in [-0.1, -0.05) is 12.1 Å². The highest BCUT2D eigenvalue weighted by molar-refractivity contribution is 7.92. The van der Waals surface area contributed by atoms with E-state index in [2.05, 4.69) is 4.98 Å². The second kappa shape index (κ2) is 4.81. The first-order chi connectivity index (χ1) is 8.90. The summed E-state index contributed by atoms with van der Waals surface area (Å²) >= 11 is 0. The molecule has 2 rings (SSSR count). The van der Waals surface area contributed by atoms with Gasteiger partial charge in [0.1, 0.15) is 16.5 Å². The first-order valence-electron chi connectivity index (χ1n) is 5.09. The maximum absolute atomic E-state index is 13.2. The van der Waals surface area contributed by atoms with Crippen molar-refractivity contribution in [2.24, 2.45) is 0 Å². The Balaban J connectivity index is 2.41. The SMILES string of the molecule is Nc1c(F)cccc1S(=O)(=O)Nc1cccc(F)n1. The zero-order valence-electron chi connectivity index (χ0n) is 9.47. The smallest absolute Gasteiger partial charge is 0.265 e. The molecule has 0 aliphatic carbocycles. The van der Waals surface area contributed by atoms with Gasteiger partial charge in [0.05, 0.1) is 5.69 Å². The number of pyridine rings is 1. The summed E-state index contributed by atoms with van der Waals surface area (Å²) in [4.78, 5) is 2.91. The summed E-state index contributed by atoms with van der Waals surface area (Å²) in [5.74, 6) is -1.91. The molecular formula is C11H9F2N3O2S. The van der Waals surface area contributed by atoms with Gasteiger partial charge in [-0.05, 0) is 24.3 Å². The number of para-hydroxylation sites is 1. The number of rotatable bonds is 3. The second-order valence-electron chi connectivity index (χ2n) is 3.60. The van der Waals surface area contributed by atoms with E-state index in [9.17, 15) is 17.2 Å². The molecule has 0 aliphatic heterocycles. The Kier molecular flexibility index (Phi) is 3.34. The molecule has 0 atom stereocenters. The van der Waals surface area contributed by atoms with Crippen LogP contribution in [0.1, 0.15) is 0 Å². The normalized spacial score (nSPS) is 11.3. The molecule has 0 saturated carbocycles. The quantitative estimate of drug-likeness (QED) is 0.664. The highest BCUT2D eigenvalue weighted by atomic mass is 32.2. The van der Waals surface area contributed by atoms with Crippen molar-refractivity contribution in [1.82, 2.24) is 4.98 Å². The van der Waals surface area contributed by atoms with Gasteiger partial charge in [-0.3, -0.25) is 4.72 Å². The van der Waals surface area contributed by atoms with Crippen LogP contribution in [-0.4, -0.2) is 13.4 Å². The predicted octanol–water partition coefficient (Wildman–Crippen LogP) is 1.74. The number of aromatic nitrogens is 1. The molecule has 1 heterocycles. The third-order valence-electron chi connectivity index (χ3n) is 2.26. The average molecular weight is 285 g/mol. The Bertz CT molecular complexity index is 720. The van der Waals surface area contributed by atoms with Crippen LogP contribution >= 0.6 is 0 Å². The van der Waals surface area contributed by atoms with E-state index in [0.29, 0.717) is 0 Å². The largest absolute Gasteiger partial charge is 0.395 e. The van der Waals surface area contributed by atoms with Crippen LogP contribution in [0, 0.1) is 11.8 Å². The number of nitrogens with two attached hydrogens (primary N) is 1. The monoisotopic (exact) mass is 285 g/mol. The van der Waals surface area contributed by atoms with Crippen molar-refractivity contribution in [3.8, 4) is 0 Å². The third-order valence-corrected chi connectivity index (χ3v) is 3.67. The van der Waals surface area contributed by atoms with E-state index in [4.69, 9.17) is 5.73 Å². The van der Waals surface area contributed by atoms with Crippen LogP contribution in [-0.2, 0) is 10.0 Å². The molecule has 8 heteroatoms. The Morgan fingerprint density at radius 2 is 1.79 bits per heavy atom. The van der Waals surface area contributed by atoms with Gasteiger partial charge in [-0.15, -0.1) is 0 Å². The van der Waals surface area contributed by atoms with E-state index >= 15 is 0 Å². The molecule has 0 unspecified atom stereocenters. The van der Waals surface area contributed by atoms with Crippen molar-refractivity contribution in [2.45, 2.75) is 4.90 Å². The molecule has 1 aromatic heterocycles. The highest BCUT2D eigenvalue weighted by Gasteiger charge is 2.20. The zero-order chi connectivity index (χ0) is 14.0. The lowest BCUT2D eigenvalue weighted by Gasteiger charge is -2.09. The first kappa shape index (κ1) is 13.2. The van der Waals surface area contributed by atoms with Crippen molar-refractivity contribution in [1.29, 1.82) is 0 Å². The van der Waals surface area contributed by atoms with E-state index < -0.39 is 32.4 Å². The Morgan fingerprint density at radius 3 is 2.47 bits per heavy atom. The van der Waals surface area contributed by atoms with Gasteiger partial charge in [-0.25, -0.2) is 17.8 Å². The zero-order valence-corrected chi connectivity index (χ0v) is 10.3. The summed E-state index contributed by atoms with van der Waals surface area (Å²) in [6.07, 6.45) is 0. The number of halogens is 2. The van der Waals surface area contributed by atoms with Crippen LogP contribution in [0.25, 0.3) is 0 Å². The summed E-state index contributed by atoms with van der Waals surface area (Å²) in [5, 5.41) is 0. The molecule has 0 fully saturated rings. The van der Waals surface area contributed by atoms with Crippen LogP contribution in [0.3, 0.4) is 0 Å². The molecule has 0 bridgehead atoms. The third kappa shape index (κ3) is 2.79. The molecule has 100 valence electrons. The minimum Gasteiger partial charge on any atom is -0.395 e. The van der Waals surface area contributed by atoms with Crippen LogP contribution in [0.5, 0.6) is 0 Å². The van der Waals surface area contributed by atoms with E-state index in [1.807, 2.05) is 4.72 Å². The number of nitrogens with one attached hydrogen (secondary N) is 1. The highest BCUT2D eigenvalue weighted by Crippen LogP contribution is 2.23. The van der Waals surface area contributed by atoms with Crippen molar-refractivity contribution < 1.29 is 17.2 Å². The fourth-order valence-electron chi connectivity index (χ4n) is 1.41. The fraction of sp³-hybridized carbons (Fsp3) is 0. The summed E-state index contributed by atoms with van der Waals surface area (Å²) in [6, 6.07) is 6.99. The van der Waals surface area contributed by atoms with Gasteiger partial charge in [-0.2, -0.15) is 4.39 Å². The number of hydrogen-bond donors (Lipinski definition) is 2. The van der Waals surface area contributed by atoms with Crippen LogP contribution < -0.4 is 10.5 Å². The maximum Gasteiger partial charge on any atom is 0.265 e. The predicted molar refractivity (Wildman–Crippen MR) is 65.8 cm³/mol. The summed E-state index contributed by atoms with van der Waals surface area (Å²) in [7, 11) is -4.13. The number of anilines is 2. The van der Waals surface area contributed by atoms with Gasteiger partial charge >= 0.3 is 0 Å². The van der Waals surface area contributed by atoms with Crippen LogP contribution in [0.15, 0.2) is 41.3 Å². The molecule has 0 radical (unpaired) electrons. The van der Waals surface area contributed by atoms with E-state index in [-0.39, 0.29) is 5.82 Å². The second-order valence-corrected chi connectivity index (χ2v) is 5.25. The molecule has 3 N–H and O–H groups in total. The van der Waals surface area contributed by atoms with Crippen molar-refractivity contribution in [3.63, 3.8) is 0 Å². The summed E-state index contributed by atoms with van der Waals surface area (Å²) in [6.45, 7) is 0. The maximum atomic E-state index is 13.2. The summed E-state index contributed by atoms with van der Waals surface area (Å²) in [5.41, 5.74) is 4.86. The molecule has 0 aliphatic rings. The molecule has 5 nitrogen and oxygen atoms in total. The standard InChI is InChI=1S/C11H9F2N3O2S/c12-7-3-1-4-8(11(7)14)19(17,18)16-10-6-2-5-9(13)15-10/h1-6H,14H2,(H,15,16). The number of benzene rings is 1. The lowest BCUT2D eigenvalue weighted by molar-refractivity contribution is 0.584. The van der Waals surface area contributed by atoms with Gasteiger partial charge in [0, 0.05) is 0 Å². The van der Waals surface area contributed by atoms with Crippen LogP contribution in [0.4, 0.5) is 20.3 Å².